The van der Waals surface area contributed by atoms with Gasteiger partial charge in [-0.3, -0.25) is 0 Å². The van der Waals surface area contributed by atoms with Crippen LogP contribution in [0, 0.1) is 5.82 Å². The number of benzene rings is 3. The van der Waals surface area contributed by atoms with Crippen molar-refractivity contribution in [2.24, 2.45) is 0 Å². The summed E-state index contributed by atoms with van der Waals surface area (Å²) >= 11 is 0. The summed E-state index contributed by atoms with van der Waals surface area (Å²) in [5, 5.41) is 2.18. The quantitative estimate of drug-likeness (QED) is 0.306. The summed E-state index contributed by atoms with van der Waals surface area (Å²) in [6, 6.07) is 29.0. The van der Waals surface area contributed by atoms with Crippen LogP contribution in [0.2, 0.25) is 0 Å². The van der Waals surface area contributed by atoms with Crippen LogP contribution in [0.25, 0.3) is 49.7 Å². The minimum Gasteiger partial charge on any atom is -0.497 e. The Morgan fingerprint density at radius 3 is 2.28 bits per heavy atom. The van der Waals surface area contributed by atoms with Gasteiger partial charge in [-0.05, 0) is 60.2 Å². The van der Waals surface area contributed by atoms with Crippen LogP contribution in [0.1, 0.15) is 0 Å². The molecule has 0 aliphatic carbocycles. The Bertz CT molecular complexity index is 1600. The van der Waals surface area contributed by atoms with Gasteiger partial charge in [0.25, 0.3) is 0 Å². The number of fused-ring (bicyclic) bond motifs is 5. The third kappa shape index (κ3) is 2.77. The van der Waals surface area contributed by atoms with Crippen LogP contribution < -0.4 is 4.74 Å². The van der Waals surface area contributed by atoms with Crippen molar-refractivity contribution in [3.05, 3.63) is 103 Å². The van der Waals surface area contributed by atoms with Gasteiger partial charge in [0.15, 0.2) is 0 Å². The lowest BCUT2D eigenvalue weighted by molar-refractivity contribution is 0.415. The van der Waals surface area contributed by atoms with Gasteiger partial charge in [-0.25, -0.2) is 9.37 Å². The molecule has 0 N–H and O–H groups in total. The fourth-order valence-electron chi connectivity index (χ4n) is 4.52. The lowest BCUT2D eigenvalue weighted by Crippen LogP contribution is -1.92. The van der Waals surface area contributed by atoms with Gasteiger partial charge in [-0.15, -0.1) is 0 Å². The first-order valence-corrected chi connectivity index (χ1v) is 10.5. The van der Waals surface area contributed by atoms with Gasteiger partial charge in [0.1, 0.15) is 11.6 Å². The van der Waals surface area contributed by atoms with Crippen LogP contribution in [0.3, 0.4) is 0 Å². The number of ether oxygens (including phenoxy) is 1. The number of aromatic nitrogens is 2. The highest BCUT2D eigenvalue weighted by atomic mass is 19.1. The van der Waals surface area contributed by atoms with Crippen molar-refractivity contribution in [3.63, 3.8) is 0 Å². The first kappa shape index (κ1) is 18.6. The van der Waals surface area contributed by atoms with E-state index < -0.39 is 0 Å². The second kappa shape index (κ2) is 7.20. The summed E-state index contributed by atoms with van der Waals surface area (Å²) in [4.78, 5) is 5.08. The Hall–Kier alpha value is -4.18. The summed E-state index contributed by atoms with van der Waals surface area (Å²) in [6.45, 7) is 0. The van der Waals surface area contributed by atoms with E-state index in [0.717, 1.165) is 55.5 Å². The molecule has 0 aliphatic heterocycles. The smallest absolute Gasteiger partial charge is 0.123 e. The van der Waals surface area contributed by atoms with E-state index in [0.29, 0.717) is 0 Å². The maximum Gasteiger partial charge on any atom is 0.123 e. The summed E-state index contributed by atoms with van der Waals surface area (Å²) in [7, 11) is 1.66. The molecule has 0 bridgehead atoms. The van der Waals surface area contributed by atoms with Gasteiger partial charge in [0.05, 0.1) is 29.4 Å². The fourth-order valence-corrected chi connectivity index (χ4v) is 4.52. The highest BCUT2D eigenvalue weighted by molar-refractivity contribution is 6.20. The Labute approximate surface area is 184 Å². The summed E-state index contributed by atoms with van der Waals surface area (Å²) in [5.74, 6) is 0.560. The number of nitrogens with zero attached hydrogens (tertiary/aromatic N) is 2. The highest BCUT2D eigenvalue weighted by Crippen LogP contribution is 2.42. The van der Waals surface area contributed by atoms with E-state index in [1.165, 1.54) is 12.1 Å². The zero-order valence-electron chi connectivity index (χ0n) is 17.4. The van der Waals surface area contributed by atoms with E-state index in [1.54, 1.807) is 7.11 Å². The molecule has 3 aromatic heterocycles. The number of halogens is 1. The number of hydrogen-bond acceptors (Lipinski definition) is 2. The van der Waals surface area contributed by atoms with E-state index in [2.05, 4.69) is 22.7 Å². The molecule has 6 aromatic rings. The first-order chi connectivity index (χ1) is 15.7. The van der Waals surface area contributed by atoms with Crippen molar-refractivity contribution in [2.45, 2.75) is 0 Å². The molecular formula is C28H19FN2O. The van der Waals surface area contributed by atoms with Crippen LogP contribution in [0.5, 0.6) is 5.75 Å². The monoisotopic (exact) mass is 418 g/mol. The lowest BCUT2D eigenvalue weighted by atomic mass is 9.98. The molecule has 0 atom stereocenters. The van der Waals surface area contributed by atoms with Crippen molar-refractivity contribution < 1.29 is 9.13 Å². The molecule has 0 radical (unpaired) electrons. The second-order valence-corrected chi connectivity index (χ2v) is 7.77. The van der Waals surface area contributed by atoms with Crippen molar-refractivity contribution in [2.75, 3.05) is 7.11 Å². The largest absolute Gasteiger partial charge is 0.497 e. The number of methoxy groups -OCH3 is 1. The van der Waals surface area contributed by atoms with E-state index in [9.17, 15) is 4.39 Å². The molecule has 0 aliphatic rings. The van der Waals surface area contributed by atoms with E-state index in [1.807, 2.05) is 66.7 Å². The molecule has 3 nitrogen and oxygen atoms in total. The van der Waals surface area contributed by atoms with E-state index in [4.69, 9.17) is 9.72 Å². The minimum absolute atomic E-state index is 0.244. The predicted octanol–water partition coefficient (Wildman–Crippen LogP) is 7.12. The molecule has 0 saturated carbocycles. The Morgan fingerprint density at radius 2 is 1.50 bits per heavy atom. The maximum atomic E-state index is 13.7. The maximum absolute atomic E-state index is 13.7. The van der Waals surface area contributed by atoms with Crippen molar-refractivity contribution in [1.29, 1.82) is 0 Å². The molecule has 154 valence electrons. The molecule has 6 rings (SSSR count). The molecule has 0 unspecified atom stereocenters. The van der Waals surface area contributed by atoms with E-state index >= 15 is 0 Å². The number of pyridine rings is 2. The zero-order chi connectivity index (χ0) is 21.7. The van der Waals surface area contributed by atoms with Crippen LogP contribution >= 0.6 is 0 Å². The van der Waals surface area contributed by atoms with Gasteiger partial charge < -0.3 is 9.14 Å². The molecule has 32 heavy (non-hydrogen) atoms. The predicted molar refractivity (Wildman–Crippen MR) is 128 cm³/mol. The fraction of sp³-hybridized carbons (Fsp3) is 0.0357. The zero-order valence-corrected chi connectivity index (χ0v) is 17.4. The lowest BCUT2D eigenvalue weighted by Gasteiger charge is -2.10. The summed E-state index contributed by atoms with van der Waals surface area (Å²) in [6.07, 6.45) is 2.06. The molecule has 4 heteroatoms. The Balaban J connectivity index is 1.82. The molecule has 0 spiro atoms. The van der Waals surface area contributed by atoms with Crippen LogP contribution in [-0.2, 0) is 0 Å². The van der Waals surface area contributed by atoms with Gasteiger partial charge in [-0.2, -0.15) is 0 Å². The van der Waals surface area contributed by atoms with Crippen LogP contribution in [0.15, 0.2) is 97.2 Å². The van der Waals surface area contributed by atoms with Crippen molar-refractivity contribution >= 4 is 27.3 Å². The average Bonchev–Trinajstić information content (AvgIpc) is 3.20. The molecule has 0 saturated heterocycles. The van der Waals surface area contributed by atoms with Crippen LogP contribution in [-0.4, -0.2) is 16.5 Å². The van der Waals surface area contributed by atoms with Gasteiger partial charge >= 0.3 is 0 Å². The average molecular weight is 418 g/mol. The molecule has 0 amide bonds. The van der Waals surface area contributed by atoms with Gasteiger partial charge in [0, 0.05) is 28.1 Å². The number of rotatable bonds is 3. The molecule has 3 heterocycles. The minimum atomic E-state index is -0.244. The standard InChI is InChI=1S/C28H19FN2O/c1-32-21-15-11-19(12-16-21)27-28-26(22-6-2-3-7-23(22)30-27)25(18-9-13-20(29)14-10-18)24-8-4-5-17-31(24)28/h2-17H,1H3. The van der Waals surface area contributed by atoms with Crippen LogP contribution in [0.4, 0.5) is 4.39 Å². The highest BCUT2D eigenvalue weighted by Gasteiger charge is 2.21. The Morgan fingerprint density at radius 1 is 0.781 bits per heavy atom. The summed E-state index contributed by atoms with van der Waals surface area (Å²) in [5.41, 5.74) is 6.97. The van der Waals surface area contributed by atoms with Gasteiger partial charge in [-0.1, -0.05) is 36.4 Å². The normalized spacial score (nSPS) is 11.4. The molecule has 3 aromatic carbocycles. The summed E-state index contributed by atoms with van der Waals surface area (Å²) < 4.78 is 21.3. The van der Waals surface area contributed by atoms with Crippen molar-refractivity contribution in [1.82, 2.24) is 9.38 Å². The number of para-hydroxylation sites is 1. The molecule has 0 fully saturated rings. The second-order valence-electron chi connectivity index (χ2n) is 7.77. The SMILES string of the molecule is COc1ccc(-c2nc3ccccc3c3c(-c4ccc(F)cc4)c4ccccn4c23)cc1. The van der Waals surface area contributed by atoms with E-state index in [-0.39, 0.29) is 5.82 Å². The third-order valence-electron chi connectivity index (χ3n) is 5.97. The van der Waals surface area contributed by atoms with Crippen molar-refractivity contribution in [3.8, 4) is 28.1 Å². The third-order valence-corrected chi connectivity index (χ3v) is 5.97. The van der Waals surface area contributed by atoms with Gasteiger partial charge in [0.2, 0.25) is 0 Å². The number of hydrogen-bond donors (Lipinski definition) is 0. The topological polar surface area (TPSA) is 26.5 Å². The first-order valence-electron chi connectivity index (χ1n) is 10.5. The Kier molecular flexibility index (Phi) is 4.18. The molecular weight excluding hydrogens is 399 g/mol.